The number of benzene rings is 1. The van der Waals surface area contributed by atoms with E-state index >= 15 is 0 Å². The first-order valence-corrected chi connectivity index (χ1v) is 9.05. The number of rotatable bonds is 6. The highest BCUT2D eigenvalue weighted by molar-refractivity contribution is 5.95. The van der Waals surface area contributed by atoms with E-state index in [2.05, 4.69) is 15.0 Å². The van der Waals surface area contributed by atoms with Gasteiger partial charge in [-0.15, -0.1) is 0 Å². The number of carbonyl (C=O) groups is 1. The first-order chi connectivity index (χ1) is 12.9. The minimum absolute atomic E-state index is 0.0295. The molecule has 0 atom stereocenters. The standard InChI is InChI=1S/C20H23FN4O2/c1-4-25(20(27)14-6-8-18(26)24-19(14)12(2)3)10-9-17-22-15-7-5-13(21)11-16(15)23-17/h5-8,11-12H,4,9-10H2,1-3H3,(H,22,23)(H,24,26). The minimum atomic E-state index is -0.317. The van der Waals surface area contributed by atoms with E-state index < -0.39 is 0 Å². The lowest BCUT2D eigenvalue weighted by Crippen LogP contribution is -2.34. The third-order valence-electron chi connectivity index (χ3n) is 4.54. The van der Waals surface area contributed by atoms with Gasteiger partial charge in [-0.05, 0) is 37.1 Å². The largest absolute Gasteiger partial charge is 0.342 e. The lowest BCUT2D eigenvalue weighted by atomic mass is 10.0. The molecule has 2 N–H and O–H groups in total. The molecule has 142 valence electrons. The zero-order valence-electron chi connectivity index (χ0n) is 15.7. The maximum absolute atomic E-state index is 13.3. The summed E-state index contributed by atoms with van der Waals surface area (Å²) in [4.78, 5) is 36.6. The van der Waals surface area contributed by atoms with Gasteiger partial charge < -0.3 is 14.9 Å². The maximum Gasteiger partial charge on any atom is 0.255 e. The molecule has 3 rings (SSSR count). The second kappa shape index (κ2) is 7.73. The normalized spacial score (nSPS) is 11.3. The SMILES string of the molecule is CCN(CCc1nc2ccc(F)cc2[nH]1)C(=O)c1ccc(=O)[nH]c1C(C)C. The predicted molar refractivity (Wildman–Crippen MR) is 102 cm³/mol. The number of hydrogen-bond donors (Lipinski definition) is 2. The van der Waals surface area contributed by atoms with Crippen LogP contribution >= 0.6 is 0 Å². The van der Waals surface area contributed by atoms with Crippen molar-refractivity contribution in [2.45, 2.75) is 33.1 Å². The van der Waals surface area contributed by atoms with Crippen LogP contribution in [0, 0.1) is 5.82 Å². The van der Waals surface area contributed by atoms with Crippen LogP contribution in [0.3, 0.4) is 0 Å². The number of pyridine rings is 1. The fourth-order valence-electron chi connectivity index (χ4n) is 3.10. The first-order valence-electron chi connectivity index (χ1n) is 9.05. The molecule has 0 unspecified atom stereocenters. The summed E-state index contributed by atoms with van der Waals surface area (Å²) in [5.74, 6) is 0.288. The van der Waals surface area contributed by atoms with Crippen LogP contribution < -0.4 is 5.56 Å². The maximum atomic E-state index is 13.3. The van der Waals surface area contributed by atoms with Crippen molar-refractivity contribution in [1.82, 2.24) is 19.9 Å². The van der Waals surface area contributed by atoms with Crippen LogP contribution in [0.15, 0.2) is 35.1 Å². The molecular weight excluding hydrogens is 347 g/mol. The number of halogens is 1. The van der Waals surface area contributed by atoms with E-state index in [1.54, 1.807) is 17.0 Å². The summed E-state index contributed by atoms with van der Waals surface area (Å²) in [5, 5.41) is 0. The molecule has 0 radical (unpaired) electrons. The topological polar surface area (TPSA) is 81.8 Å². The number of H-pyrrole nitrogens is 2. The van der Waals surface area contributed by atoms with Gasteiger partial charge >= 0.3 is 0 Å². The lowest BCUT2D eigenvalue weighted by Gasteiger charge is -2.22. The third kappa shape index (κ3) is 4.07. The smallest absolute Gasteiger partial charge is 0.255 e. The molecule has 0 aliphatic carbocycles. The molecule has 7 heteroatoms. The number of amides is 1. The van der Waals surface area contributed by atoms with E-state index in [1.807, 2.05) is 20.8 Å². The lowest BCUT2D eigenvalue weighted by molar-refractivity contribution is 0.0763. The van der Waals surface area contributed by atoms with Crippen molar-refractivity contribution in [3.8, 4) is 0 Å². The summed E-state index contributed by atoms with van der Waals surface area (Å²) in [5.41, 5.74) is 2.28. The van der Waals surface area contributed by atoms with Gasteiger partial charge in [-0.3, -0.25) is 9.59 Å². The summed E-state index contributed by atoms with van der Waals surface area (Å²) in [6.07, 6.45) is 0.524. The van der Waals surface area contributed by atoms with Crippen LogP contribution in [0.1, 0.15) is 48.6 Å². The summed E-state index contributed by atoms with van der Waals surface area (Å²) in [7, 11) is 0. The van der Waals surface area contributed by atoms with Gasteiger partial charge in [0.2, 0.25) is 5.56 Å². The summed E-state index contributed by atoms with van der Waals surface area (Å²) < 4.78 is 13.3. The number of nitrogens with one attached hydrogen (secondary N) is 2. The zero-order valence-corrected chi connectivity index (χ0v) is 15.7. The number of hydrogen-bond acceptors (Lipinski definition) is 3. The van der Waals surface area contributed by atoms with E-state index in [0.717, 1.165) is 0 Å². The first kappa shape index (κ1) is 18.8. The van der Waals surface area contributed by atoms with Crippen LogP contribution in [-0.2, 0) is 6.42 Å². The highest BCUT2D eigenvalue weighted by Crippen LogP contribution is 2.18. The van der Waals surface area contributed by atoms with Gasteiger partial charge in [-0.1, -0.05) is 13.8 Å². The zero-order chi connectivity index (χ0) is 19.6. The Morgan fingerprint density at radius 3 is 2.70 bits per heavy atom. The van der Waals surface area contributed by atoms with Crippen molar-refractivity contribution in [2.24, 2.45) is 0 Å². The van der Waals surface area contributed by atoms with E-state index in [9.17, 15) is 14.0 Å². The van der Waals surface area contributed by atoms with E-state index in [-0.39, 0.29) is 23.2 Å². The second-order valence-electron chi connectivity index (χ2n) is 6.78. The Hall–Kier alpha value is -2.96. The molecule has 0 saturated carbocycles. The Balaban J connectivity index is 1.78. The number of carbonyl (C=O) groups excluding carboxylic acids is 1. The minimum Gasteiger partial charge on any atom is -0.342 e. The fourth-order valence-corrected chi connectivity index (χ4v) is 3.10. The molecule has 0 aliphatic heterocycles. The van der Waals surface area contributed by atoms with Crippen molar-refractivity contribution >= 4 is 16.9 Å². The highest BCUT2D eigenvalue weighted by atomic mass is 19.1. The van der Waals surface area contributed by atoms with Gasteiger partial charge in [-0.25, -0.2) is 9.37 Å². The van der Waals surface area contributed by atoms with Crippen molar-refractivity contribution in [3.05, 3.63) is 63.6 Å². The van der Waals surface area contributed by atoms with Crippen LogP contribution in [-0.4, -0.2) is 38.8 Å². The molecule has 2 heterocycles. The molecule has 0 aliphatic rings. The second-order valence-corrected chi connectivity index (χ2v) is 6.78. The van der Waals surface area contributed by atoms with E-state index in [0.29, 0.717) is 47.6 Å². The Labute approximate surface area is 156 Å². The van der Waals surface area contributed by atoms with Gasteiger partial charge in [-0.2, -0.15) is 0 Å². The van der Waals surface area contributed by atoms with E-state index in [4.69, 9.17) is 0 Å². The number of fused-ring (bicyclic) bond motifs is 1. The van der Waals surface area contributed by atoms with Crippen molar-refractivity contribution in [1.29, 1.82) is 0 Å². The number of aromatic amines is 2. The summed E-state index contributed by atoms with van der Waals surface area (Å²) in [6, 6.07) is 7.37. The van der Waals surface area contributed by atoms with Gasteiger partial charge in [0.05, 0.1) is 16.6 Å². The highest BCUT2D eigenvalue weighted by Gasteiger charge is 2.20. The number of imidazole rings is 1. The Morgan fingerprint density at radius 1 is 1.22 bits per heavy atom. The molecule has 0 saturated heterocycles. The molecule has 0 bridgehead atoms. The third-order valence-corrected chi connectivity index (χ3v) is 4.54. The molecule has 1 amide bonds. The monoisotopic (exact) mass is 370 g/mol. The number of likely N-dealkylation sites (N-methyl/N-ethyl adjacent to an activating group) is 1. The molecule has 1 aromatic carbocycles. The molecule has 27 heavy (non-hydrogen) atoms. The Morgan fingerprint density at radius 2 is 2.00 bits per heavy atom. The van der Waals surface area contributed by atoms with Gasteiger partial charge in [0.25, 0.3) is 5.91 Å². The summed E-state index contributed by atoms with van der Waals surface area (Å²) in [6.45, 7) is 6.78. The molecule has 2 aromatic heterocycles. The summed E-state index contributed by atoms with van der Waals surface area (Å²) >= 11 is 0. The number of nitrogens with zero attached hydrogens (tertiary/aromatic N) is 2. The van der Waals surface area contributed by atoms with Crippen LogP contribution in [0.2, 0.25) is 0 Å². The van der Waals surface area contributed by atoms with Gasteiger partial charge in [0.15, 0.2) is 0 Å². The predicted octanol–water partition coefficient (Wildman–Crippen LogP) is 3.22. The molecule has 0 fully saturated rings. The van der Waals surface area contributed by atoms with Crippen LogP contribution in [0.25, 0.3) is 11.0 Å². The quantitative estimate of drug-likeness (QED) is 0.699. The molecule has 6 nitrogen and oxygen atoms in total. The fraction of sp³-hybridized carbons (Fsp3) is 0.350. The van der Waals surface area contributed by atoms with Crippen LogP contribution in [0.5, 0.6) is 0 Å². The average Bonchev–Trinajstić information content (AvgIpc) is 3.03. The number of aromatic nitrogens is 3. The molecular formula is C20H23FN4O2. The van der Waals surface area contributed by atoms with E-state index in [1.165, 1.54) is 18.2 Å². The van der Waals surface area contributed by atoms with Crippen molar-refractivity contribution in [3.63, 3.8) is 0 Å². The molecule has 3 aromatic rings. The Bertz CT molecular complexity index is 1020. The molecule has 0 spiro atoms. The van der Waals surface area contributed by atoms with Crippen LogP contribution in [0.4, 0.5) is 4.39 Å². The van der Waals surface area contributed by atoms with Crippen molar-refractivity contribution < 1.29 is 9.18 Å². The average molecular weight is 370 g/mol. The van der Waals surface area contributed by atoms with Crippen molar-refractivity contribution in [2.75, 3.05) is 13.1 Å². The van der Waals surface area contributed by atoms with Gasteiger partial charge in [0.1, 0.15) is 11.6 Å². The van der Waals surface area contributed by atoms with Gasteiger partial charge in [0, 0.05) is 31.3 Å². The Kier molecular flexibility index (Phi) is 5.39.